The maximum Gasteiger partial charge on any atom is 0.225 e. The van der Waals surface area contributed by atoms with Gasteiger partial charge in [-0.05, 0) is 30.2 Å². The molecule has 0 N–H and O–H groups in total. The van der Waals surface area contributed by atoms with Gasteiger partial charge in [0.1, 0.15) is 0 Å². The SMILES string of the molecule is CN1CCc2cc(-c3nccnc3C3CN(c4ncc5ccccc5n4)C3)ccc21. The van der Waals surface area contributed by atoms with Crippen LogP contribution in [0.3, 0.4) is 0 Å². The Bertz CT molecular complexity index is 1250. The Morgan fingerprint density at radius 1 is 0.967 bits per heavy atom. The summed E-state index contributed by atoms with van der Waals surface area (Å²) in [4.78, 5) is 23.2. The lowest BCUT2D eigenvalue weighted by Gasteiger charge is -2.39. The second-order valence-electron chi connectivity index (χ2n) is 8.14. The van der Waals surface area contributed by atoms with E-state index < -0.39 is 0 Å². The third kappa shape index (κ3) is 2.79. The summed E-state index contributed by atoms with van der Waals surface area (Å²) in [5.41, 5.74) is 6.93. The topological polar surface area (TPSA) is 58.0 Å². The maximum atomic E-state index is 4.73. The molecule has 0 amide bonds. The van der Waals surface area contributed by atoms with Gasteiger partial charge in [0.25, 0.3) is 0 Å². The number of nitrogens with zero attached hydrogens (tertiary/aromatic N) is 6. The molecule has 0 radical (unpaired) electrons. The van der Waals surface area contributed by atoms with Crippen molar-refractivity contribution in [2.75, 3.05) is 36.5 Å². The molecule has 30 heavy (non-hydrogen) atoms. The molecular formula is C24H22N6. The van der Waals surface area contributed by atoms with Crippen LogP contribution in [0.5, 0.6) is 0 Å². The zero-order valence-electron chi connectivity index (χ0n) is 16.9. The Morgan fingerprint density at radius 3 is 2.77 bits per heavy atom. The van der Waals surface area contributed by atoms with Gasteiger partial charge in [-0.25, -0.2) is 9.97 Å². The van der Waals surface area contributed by atoms with Crippen LogP contribution in [-0.4, -0.2) is 46.6 Å². The molecule has 6 heteroatoms. The summed E-state index contributed by atoms with van der Waals surface area (Å²) in [6.07, 6.45) is 6.59. The molecule has 0 atom stereocenters. The van der Waals surface area contributed by atoms with E-state index in [1.807, 2.05) is 30.5 Å². The molecule has 1 fully saturated rings. The molecule has 2 aromatic heterocycles. The van der Waals surface area contributed by atoms with E-state index in [-0.39, 0.29) is 0 Å². The van der Waals surface area contributed by atoms with Crippen molar-refractivity contribution in [2.45, 2.75) is 12.3 Å². The van der Waals surface area contributed by atoms with Gasteiger partial charge in [0.2, 0.25) is 5.95 Å². The van der Waals surface area contributed by atoms with E-state index >= 15 is 0 Å². The highest BCUT2D eigenvalue weighted by Crippen LogP contribution is 2.36. The summed E-state index contributed by atoms with van der Waals surface area (Å²) >= 11 is 0. The normalized spacial score (nSPS) is 16.0. The molecule has 4 aromatic rings. The number of fused-ring (bicyclic) bond motifs is 2. The first kappa shape index (κ1) is 17.3. The largest absolute Gasteiger partial charge is 0.374 e. The molecule has 0 aliphatic carbocycles. The summed E-state index contributed by atoms with van der Waals surface area (Å²) in [5, 5.41) is 1.07. The predicted molar refractivity (Wildman–Crippen MR) is 119 cm³/mol. The van der Waals surface area contributed by atoms with Gasteiger partial charge in [-0.2, -0.15) is 0 Å². The highest BCUT2D eigenvalue weighted by molar-refractivity contribution is 5.78. The van der Waals surface area contributed by atoms with Crippen LogP contribution in [0.2, 0.25) is 0 Å². The summed E-state index contributed by atoms with van der Waals surface area (Å²) in [6.45, 7) is 2.80. The third-order valence-corrected chi connectivity index (χ3v) is 6.23. The number of anilines is 2. The van der Waals surface area contributed by atoms with Crippen molar-refractivity contribution in [3.63, 3.8) is 0 Å². The first-order chi connectivity index (χ1) is 14.8. The van der Waals surface area contributed by atoms with Gasteiger partial charge in [-0.3, -0.25) is 9.97 Å². The molecule has 6 nitrogen and oxygen atoms in total. The van der Waals surface area contributed by atoms with Crippen LogP contribution in [-0.2, 0) is 6.42 Å². The van der Waals surface area contributed by atoms with E-state index in [1.165, 1.54) is 11.3 Å². The standard InChI is InChI=1S/C24H22N6/c1-29-11-8-16-12-17(6-7-21(16)29)22-23(26-10-9-25-22)19-14-30(15-19)24-27-13-18-4-2-3-5-20(18)28-24/h2-7,9-10,12-13,19H,8,11,14-15H2,1H3. The second kappa shape index (κ2) is 6.76. The van der Waals surface area contributed by atoms with E-state index in [2.05, 4.69) is 40.0 Å². The molecular weight excluding hydrogens is 372 g/mol. The molecule has 1 saturated heterocycles. The molecule has 0 bridgehead atoms. The average molecular weight is 394 g/mol. The molecule has 2 aromatic carbocycles. The first-order valence-electron chi connectivity index (χ1n) is 10.4. The number of para-hydroxylation sites is 1. The number of rotatable bonds is 3. The third-order valence-electron chi connectivity index (χ3n) is 6.23. The van der Waals surface area contributed by atoms with Crippen molar-refractivity contribution < 1.29 is 0 Å². The van der Waals surface area contributed by atoms with Crippen molar-refractivity contribution in [1.29, 1.82) is 0 Å². The van der Waals surface area contributed by atoms with Crippen molar-refractivity contribution >= 4 is 22.5 Å². The molecule has 4 heterocycles. The van der Waals surface area contributed by atoms with Crippen molar-refractivity contribution in [3.8, 4) is 11.3 Å². The van der Waals surface area contributed by atoms with Crippen molar-refractivity contribution in [2.24, 2.45) is 0 Å². The highest BCUT2D eigenvalue weighted by atomic mass is 15.3. The Labute approximate surface area is 175 Å². The van der Waals surface area contributed by atoms with Gasteiger partial charge in [0, 0.05) is 67.8 Å². The molecule has 2 aliphatic heterocycles. The van der Waals surface area contributed by atoms with Gasteiger partial charge >= 0.3 is 0 Å². The highest BCUT2D eigenvalue weighted by Gasteiger charge is 2.33. The fourth-order valence-electron chi connectivity index (χ4n) is 4.51. The lowest BCUT2D eigenvalue weighted by atomic mass is 9.92. The van der Waals surface area contributed by atoms with E-state index in [4.69, 9.17) is 15.0 Å². The van der Waals surface area contributed by atoms with Gasteiger partial charge in [-0.15, -0.1) is 0 Å². The maximum absolute atomic E-state index is 4.73. The number of hydrogen-bond donors (Lipinski definition) is 0. The Kier molecular flexibility index (Phi) is 3.91. The number of likely N-dealkylation sites (N-methyl/N-ethyl adjacent to an activating group) is 1. The van der Waals surface area contributed by atoms with Crippen LogP contribution < -0.4 is 9.80 Å². The quantitative estimate of drug-likeness (QED) is 0.528. The Morgan fingerprint density at radius 2 is 1.83 bits per heavy atom. The Balaban J connectivity index is 1.27. The van der Waals surface area contributed by atoms with Crippen LogP contribution in [0.15, 0.2) is 61.1 Å². The molecule has 0 saturated carbocycles. The first-order valence-corrected chi connectivity index (χ1v) is 10.4. The zero-order chi connectivity index (χ0) is 20.1. The van der Waals surface area contributed by atoms with Crippen LogP contribution >= 0.6 is 0 Å². The fraction of sp³-hybridized carbons (Fsp3) is 0.250. The number of hydrogen-bond acceptors (Lipinski definition) is 6. The van der Waals surface area contributed by atoms with Crippen molar-refractivity contribution in [3.05, 3.63) is 72.3 Å². The van der Waals surface area contributed by atoms with Gasteiger partial charge in [0.05, 0.1) is 16.9 Å². The van der Waals surface area contributed by atoms with E-state index in [1.54, 1.807) is 12.4 Å². The minimum atomic E-state index is 0.333. The lowest BCUT2D eigenvalue weighted by Crippen LogP contribution is -2.46. The van der Waals surface area contributed by atoms with E-state index in [9.17, 15) is 0 Å². The minimum absolute atomic E-state index is 0.333. The molecule has 2 aliphatic rings. The molecule has 6 rings (SSSR count). The van der Waals surface area contributed by atoms with Gasteiger partial charge in [0.15, 0.2) is 0 Å². The summed E-state index contributed by atoms with van der Waals surface area (Å²) in [7, 11) is 2.15. The van der Waals surface area contributed by atoms with Crippen LogP contribution in [0.4, 0.5) is 11.6 Å². The second-order valence-corrected chi connectivity index (χ2v) is 8.14. The zero-order valence-corrected chi connectivity index (χ0v) is 16.9. The van der Waals surface area contributed by atoms with Crippen LogP contribution in [0.1, 0.15) is 17.2 Å². The lowest BCUT2D eigenvalue weighted by molar-refractivity contribution is 0.504. The van der Waals surface area contributed by atoms with Crippen LogP contribution in [0, 0.1) is 0 Å². The summed E-state index contributed by atoms with van der Waals surface area (Å²) in [5.74, 6) is 1.12. The smallest absolute Gasteiger partial charge is 0.225 e. The van der Waals surface area contributed by atoms with Crippen LogP contribution in [0.25, 0.3) is 22.2 Å². The van der Waals surface area contributed by atoms with Gasteiger partial charge < -0.3 is 9.80 Å². The minimum Gasteiger partial charge on any atom is -0.374 e. The number of aromatic nitrogens is 4. The van der Waals surface area contributed by atoms with E-state index in [0.717, 1.165) is 59.9 Å². The predicted octanol–water partition coefficient (Wildman–Crippen LogP) is 3.68. The average Bonchev–Trinajstić information content (AvgIpc) is 3.13. The molecule has 0 unspecified atom stereocenters. The summed E-state index contributed by atoms with van der Waals surface area (Å²) in [6, 6.07) is 14.8. The van der Waals surface area contributed by atoms with E-state index in [0.29, 0.717) is 5.92 Å². The monoisotopic (exact) mass is 394 g/mol. The summed E-state index contributed by atoms with van der Waals surface area (Å²) < 4.78 is 0. The molecule has 148 valence electrons. The Hall–Kier alpha value is -3.54. The molecule has 0 spiro atoms. The fourth-order valence-corrected chi connectivity index (χ4v) is 4.51. The van der Waals surface area contributed by atoms with Crippen molar-refractivity contribution in [1.82, 2.24) is 19.9 Å². The number of benzene rings is 2. The van der Waals surface area contributed by atoms with Gasteiger partial charge in [-0.1, -0.05) is 24.3 Å².